The third-order valence-electron chi connectivity index (χ3n) is 5.50. The molecular weight excluding hydrogens is 480 g/mol. The number of carbonyl (C=O) groups excluding carboxylic acids is 2. The van der Waals surface area contributed by atoms with Crippen molar-refractivity contribution in [2.24, 2.45) is 0 Å². The van der Waals surface area contributed by atoms with E-state index in [0.717, 1.165) is 12.8 Å². The number of hydrogen-bond acceptors (Lipinski definition) is 6. The van der Waals surface area contributed by atoms with E-state index in [9.17, 15) is 18.0 Å². The van der Waals surface area contributed by atoms with E-state index in [-0.39, 0.29) is 17.3 Å². The molecule has 0 radical (unpaired) electrons. The van der Waals surface area contributed by atoms with Crippen LogP contribution < -0.4 is 10.1 Å². The Morgan fingerprint density at radius 3 is 2.25 bits per heavy atom. The van der Waals surface area contributed by atoms with E-state index in [0.29, 0.717) is 34.7 Å². The van der Waals surface area contributed by atoms with Crippen LogP contribution in [0.4, 0.5) is 5.69 Å². The highest BCUT2D eigenvalue weighted by atomic mass is 32.2. The Morgan fingerprint density at radius 1 is 0.944 bits per heavy atom. The van der Waals surface area contributed by atoms with Crippen LogP contribution in [0.1, 0.15) is 46.0 Å². The molecule has 1 amide bonds. The minimum absolute atomic E-state index is 0.0103. The van der Waals surface area contributed by atoms with Crippen molar-refractivity contribution in [3.8, 4) is 5.75 Å². The number of rotatable bonds is 11. The Hall–Kier alpha value is -3.69. The smallest absolute Gasteiger partial charge is 0.338 e. The number of nitrogens with one attached hydrogen (secondary N) is 1. The van der Waals surface area contributed by atoms with Crippen LogP contribution in [-0.2, 0) is 21.3 Å². The number of anilines is 1. The molecule has 3 aromatic rings. The summed E-state index contributed by atoms with van der Waals surface area (Å²) >= 11 is 0. The molecule has 0 atom stereocenters. The number of ether oxygens (including phenoxy) is 2. The van der Waals surface area contributed by atoms with E-state index in [1.165, 1.54) is 30.6 Å². The predicted molar refractivity (Wildman–Crippen MR) is 138 cm³/mol. The lowest BCUT2D eigenvalue weighted by atomic mass is 10.1. The van der Waals surface area contributed by atoms with E-state index >= 15 is 0 Å². The zero-order valence-electron chi connectivity index (χ0n) is 20.6. The minimum atomic E-state index is -3.72. The van der Waals surface area contributed by atoms with Crippen LogP contribution in [0, 0.1) is 0 Å². The Labute approximate surface area is 211 Å². The largest absolute Gasteiger partial charge is 0.496 e. The second kappa shape index (κ2) is 12.3. The minimum Gasteiger partial charge on any atom is -0.496 e. The number of unbranched alkanes of at least 4 members (excludes halogenated alkanes) is 1. The third kappa shape index (κ3) is 6.71. The van der Waals surface area contributed by atoms with Gasteiger partial charge < -0.3 is 14.8 Å². The van der Waals surface area contributed by atoms with Crippen molar-refractivity contribution in [3.05, 3.63) is 89.5 Å². The summed E-state index contributed by atoms with van der Waals surface area (Å²) in [6.45, 7) is 2.40. The summed E-state index contributed by atoms with van der Waals surface area (Å²) in [5.74, 6) is -0.325. The molecule has 0 heterocycles. The van der Waals surface area contributed by atoms with Crippen molar-refractivity contribution in [1.29, 1.82) is 0 Å². The molecule has 3 aromatic carbocycles. The lowest BCUT2D eigenvalue weighted by Crippen LogP contribution is -2.27. The number of methoxy groups -OCH3 is 1. The summed E-state index contributed by atoms with van der Waals surface area (Å²) < 4.78 is 37.6. The van der Waals surface area contributed by atoms with Crippen LogP contribution in [0.25, 0.3) is 0 Å². The maximum Gasteiger partial charge on any atom is 0.338 e. The fourth-order valence-electron chi connectivity index (χ4n) is 3.43. The Bertz CT molecular complexity index is 1290. The number of nitrogens with zero attached hydrogens (tertiary/aromatic N) is 1. The predicted octanol–water partition coefficient (Wildman–Crippen LogP) is 4.73. The Morgan fingerprint density at radius 2 is 1.61 bits per heavy atom. The number of carbonyl (C=O) groups is 2. The first-order valence-electron chi connectivity index (χ1n) is 11.5. The van der Waals surface area contributed by atoms with Gasteiger partial charge in [0.05, 0.1) is 24.2 Å². The van der Waals surface area contributed by atoms with E-state index in [1.807, 2.05) is 6.92 Å². The van der Waals surface area contributed by atoms with Gasteiger partial charge in [-0.3, -0.25) is 4.79 Å². The van der Waals surface area contributed by atoms with Gasteiger partial charge in [0.15, 0.2) is 0 Å². The molecule has 9 heteroatoms. The zero-order chi connectivity index (χ0) is 26.1. The van der Waals surface area contributed by atoms with Gasteiger partial charge >= 0.3 is 5.97 Å². The van der Waals surface area contributed by atoms with Crippen molar-refractivity contribution in [3.63, 3.8) is 0 Å². The van der Waals surface area contributed by atoms with Crippen molar-refractivity contribution >= 4 is 27.6 Å². The highest BCUT2D eigenvalue weighted by molar-refractivity contribution is 7.89. The number of esters is 1. The molecule has 0 saturated heterocycles. The Kier molecular flexibility index (Phi) is 9.21. The monoisotopic (exact) mass is 510 g/mol. The molecular formula is C27H30N2O6S. The third-order valence-corrected chi connectivity index (χ3v) is 7.31. The average molecular weight is 511 g/mol. The average Bonchev–Trinajstić information content (AvgIpc) is 2.89. The second-order valence-corrected chi connectivity index (χ2v) is 10.2. The van der Waals surface area contributed by atoms with Crippen LogP contribution in [0.3, 0.4) is 0 Å². The summed E-state index contributed by atoms with van der Waals surface area (Å²) in [5, 5.41) is 2.79. The molecule has 36 heavy (non-hydrogen) atoms. The molecule has 0 aromatic heterocycles. The molecule has 0 fully saturated rings. The van der Waals surface area contributed by atoms with Crippen molar-refractivity contribution < 1.29 is 27.5 Å². The van der Waals surface area contributed by atoms with Crippen molar-refractivity contribution in [2.75, 3.05) is 26.1 Å². The van der Waals surface area contributed by atoms with Gasteiger partial charge in [0.25, 0.3) is 5.91 Å². The Balaban J connectivity index is 1.72. The zero-order valence-corrected chi connectivity index (χ0v) is 21.4. The summed E-state index contributed by atoms with van der Waals surface area (Å²) in [7, 11) is -0.762. The number of sulfonamides is 1. The maximum atomic E-state index is 12.9. The molecule has 0 spiro atoms. The highest BCUT2D eigenvalue weighted by Gasteiger charge is 2.22. The van der Waals surface area contributed by atoms with Crippen molar-refractivity contribution in [2.45, 2.75) is 31.2 Å². The first kappa shape index (κ1) is 26.9. The summed E-state index contributed by atoms with van der Waals surface area (Å²) in [6.07, 6.45) is 1.74. The standard InChI is InChI=1S/C27H30N2O6S/c1-4-5-17-35-27(31)20-11-14-23(15-12-20)28-26(30)21-13-16-25(34-3)22(18-21)19-29(2)36(32,33)24-9-7-6-8-10-24/h6-16,18H,4-5,17,19H2,1-3H3,(H,28,30). The molecule has 0 bridgehead atoms. The summed E-state index contributed by atoms with van der Waals surface area (Å²) in [4.78, 5) is 25.1. The van der Waals surface area contributed by atoms with Crippen LogP contribution >= 0.6 is 0 Å². The number of hydrogen-bond donors (Lipinski definition) is 1. The highest BCUT2D eigenvalue weighted by Crippen LogP contribution is 2.25. The van der Waals surface area contributed by atoms with E-state index < -0.39 is 16.0 Å². The van der Waals surface area contributed by atoms with Gasteiger partial charge in [0.2, 0.25) is 10.0 Å². The second-order valence-electron chi connectivity index (χ2n) is 8.12. The SMILES string of the molecule is CCCCOC(=O)c1ccc(NC(=O)c2ccc(OC)c(CN(C)S(=O)(=O)c3ccccc3)c2)cc1. The summed E-state index contributed by atoms with van der Waals surface area (Å²) in [5.41, 5.74) is 1.78. The van der Waals surface area contributed by atoms with Crippen LogP contribution in [0.2, 0.25) is 0 Å². The molecule has 0 saturated carbocycles. The normalized spacial score (nSPS) is 11.2. The van der Waals surface area contributed by atoms with Gasteiger partial charge in [-0.2, -0.15) is 4.31 Å². The lowest BCUT2D eigenvalue weighted by Gasteiger charge is -2.19. The van der Waals surface area contributed by atoms with Gasteiger partial charge in [-0.15, -0.1) is 0 Å². The fourth-order valence-corrected chi connectivity index (χ4v) is 4.60. The molecule has 8 nitrogen and oxygen atoms in total. The molecule has 0 aliphatic carbocycles. The first-order valence-corrected chi connectivity index (χ1v) is 13.0. The van der Waals surface area contributed by atoms with Crippen LogP contribution in [0.15, 0.2) is 77.7 Å². The van der Waals surface area contributed by atoms with E-state index in [1.54, 1.807) is 60.7 Å². The van der Waals surface area contributed by atoms with Gasteiger partial charge in [-0.25, -0.2) is 13.2 Å². The van der Waals surface area contributed by atoms with Gasteiger partial charge in [0, 0.05) is 30.4 Å². The van der Waals surface area contributed by atoms with Crippen LogP contribution in [-0.4, -0.2) is 45.4 Å². The number of amides is 1. The van der Waals surface area contributed by atoms with Gasteiger partial charge in [0.1, 0.15) is 5.75 Å². The van der Waals surface area contributed by atoms with E-state index in [2.05, 4.69) is 5.32 Å². The first-order chi connectivity index (χ1) is 17.3. The molecule has 3 rings (SSSR count). The molecule has 1 N–H and O–H groups in total. The molecule has 0 aliphatic rings. The fraction of sp³-hybridized carbons (Fsp3) is 0.259. The topological polar surface area (TPSA) is 102 Å². The quantitative estimate of drug-likeness (QED) is 0.296. The number of benzene rings is 3. The van der Waals surface area contributed by atoms with Crippen molar-refractivity contribution in [1.82, 2.24) is 4.31 Å². The van der Waals surface area contributed by atoms with Gasteiger partial charge in [-0.05, 0) is 61.0 Å². The molecule has 190 valence electrons. The maximum absolute atomic E-state index is 12.9. The lowest BCUT2D eigenvalue weighted by molar-refractivity contribution is 0.0499. The molecule has 0 unspecified atom stereocenters. The summed E-state index contributed by atoms with van der Waals surface area (Å²) in [6, 6.07) is 19.4. The van der Waals surface area contributed by atoms with E-state index in [4.69, 9.17) is 9.47 Å². The van der Waals surface area contributed by atoms with Gasteiger partial charge in [-0.1, -0.05) is 31.5 Å². The van der Waals surface area contributed by atoms with Crippen LogP contribution in [0.5, 0.6) is 5.75 Å². The molecule has 0 aliphatic heterocycles.